The number of nitrogens with zero attached hydrogens (tertiary/aromatic N) is 3. The van der Waals surface area contributed by atoms with E-state index in [4.69, 9.17) is 11.6 Å². The second-order valence-corrected chi connectivity index (χ2v) is 8.91. The average Bonchev–Trinajstić information content (AvgIpc) is 3.09. The summed E-state index contributed by atoms with van der Waals surface area (Å²) < 4.78 is 27.9. The Kier molecular flexibility index (Phi) is 4.64. The van der Waals surface area contributed by atoms with E-state index in [1.165, 1.54) is 16.7 Å². The molecule has 8 nitrogen and oxygen atoms in total. The number of amides is 1. The Morgan fingerprint density at radius 3 is 2.96 bits per heavy atom. The van der Waals surface area contributed by atoms with Crippen LogP contribution in [0.2, 0.25) is 5.02 Å². The number of nitrogens with one attached hydrogen (secondary N) is 2. The number of fused-ring (bicyclic) bond motifs is 1. The number of halogens is 1. The molecule has 1 amide bonds. The number of aromatic nitrogens is 2. The summed E-state index contributed by atoms with van der Waals surface area (Å²) in [7, 11) is -3.73. The SMILES string of the molecule is O=C1CNCCN1C1CCCN(S(=O)(=O)c2c[nH]c3nccc(Cl)c23)C1. The van der Waals surface area contributed by atoms with Gasteiger partial charge in [0.05, 0.1) is 17.0 Å². The van der Waals surface area contributed by atoms with Crippen LogP contribution in [0.1, 0.15) is 12.8 Å². The number of piperazine rings is 1. The van der Waals surface area contributed by atoms with Crippen molar-refractivity contribution < 1.29 is 13.2 Å². The number of carbonyl (C=O) groups excluding carboxylic acids is 1. The molecule has 0 spiro atoms. The normalized spacial score (nSPS) is 22.9. The molecule has 2 aliphatic heterocycles. The zero-order valence-corrected chi connectivity index (χ0v) is 15.7. The lowest BCUT2D eigenvalue weighted by Gasteiger charge is -2.40. The highest BCUT2D eigenvalue weighted by molar-refractivity contribution is 7.89. The van der Waals surface area contributed by atoms with Gasteiger partial charge in [-0.1, -0.05) is 11.6 Å². The van der Waals surface area contributed by atoms with Crippen molar-refractivity contribution in [3.8, 4) is 0 Å². The molecule has 4 rings (SSSR count). The third-order valence-corrected chi connectivity index (χ3v) is 7.23. The van der Waals surface area contributed by atoms with Crippen molar-refractivity contribution in [2.75, 3.05) is 32.7 Å². The predicted molar refractivity (Wildman–Crippen MR) is 97.5 cm³/mol. The van der Waals surface area contributed by atoms with Gasteiger partial charge in [0.25, 0.3) is 0 Å². The number of piperidine rings is 1. The lowest BCUT2D eigenvalue weighted by Crippen LogP contribution is -2.57. The molecule has 0 aromatic carbocycles. The zero-order valence-electron chi connectivity index (χ0n) is 14.1. The minimum absolute atomic E-state index is 0.0276. The topological polar surface area (TPSA) is 98.4 Å². The lowest BCUT2D eigenvalue weighted by atomic mass is 10.1. The molecule has 2 fully saturated rings. The third kappa shape index (κ3) is 2.98. The van der Waals surface area contributed by atoms with Crippen LogP contribution in [0, 0.1) is 0 Å². The van der Waals surface area contributed by atoms with E-state index in [1.807, 2.05) is 4.90 Å². The van der Waals surface area contributed by atoms with Crippen molar-refractivity contribution in [3.05, 3.63) is 23.5 Å². The van der Waals surface area contributed by atoms with Crippen LogP contribution < -0.4 is 5.32 Å². The van der Waals surface area contributed by atoms with Crippen molar-refractivity contribution in [2.24, 2.45) is 0 Å². The van der Waals surface area contributed by atoms with Gasteiger partial charge in [0, 0.05) is 44.6 Å². The number of hydrogen-bond donors (Lipinski definition) is 2. The Hall–Kier alpha value is -1.68. The zero-order chi connectivity index (χ0) is 18.3. The molecule has 140 valence electrons. The first-order valence-electron chi connectivity index (χ1n) is 8.60. The summed E-state index contributed by atoms with van der Waals surface area (Å²) in [6.07, 6.45) is 4.51. The first kappa shape index (κ1) is 17.7. The first-order chi connectivity index (χ1) is 12.5. The standard InChI is InChI=1S/C16H20ClN5O3S/c17-12-3-4-19-16-15(12)13(8-20-16)26(24,25)21-6-1-2-11(10-21)22-7-5-18-9-14(22)23/h3-4,8,11,18H,1-2,5-7,9-10H2,(H,19,20). The van der Waals surface area contributed by atoms with E-state index in [9.17, 15) is 13.2 Å². The summed E-state index contributed by atoms with van der Waals surface area (Å²) in [5.74, 6) is 0.0276. The van der Waals surface area contributed by atoms with Crippen molar-refractivity contribution in [1.82, 2.24) is 24.5 Å². The monoisotopic (exact) mass is 397 g/mol. The van der Waals surface area contributed by atoms with Crippen molar-refractivity contribution in [3.63, 3.8) is 0 Å². The Morgan fingerprint density at radius 1 is 1.31 bits per heavy atom. The molecule has 2 aliphatic rings. The van der Waals surface area contributed by atoms with Crippen LogP contribution >= 0.6 is 11.6 Å². The predicted octanol–water partition coefficient (Wildman–Crippen LogP) is 0.801. The fraction of sp³-hybridized carbons (Fsp3) is 0.500. The van der Waals surface area contributed by atoms with Crippen LogP contribution in [-0.4, -0.2) is 72.3 Å². The molecule has 4 heterocycles. The molecule has 26 heavy (non-hydrogen) atoms. The molecule has 0 bridgehead atoms. The second kappa shape index (κ2) is 6.80. The Morgan fingerprint density at radius 2 is 2.15 bits per heavy atom. The van der Waals surface area contributed by atoms with Gasteiger partial charge < -0.3 is 15.2 Å². The largest absolute Gasteiger partial charge is 0.345 e. The van der Waals surface area contributed by atoms with E-state index in [1.54, 1.807) is 6.07 Å². The van der Waals surface area contributed by atoms with Gasteiger partial charge >= 0.3 is 0 Å². The van der Waals surface area contributed by atoms with Crippen molar-refractivity contribution in [2.45, 2.75) is 23.8 Å². The van der Waals surface area contributed by atoms with E-state index in [-0.39, 0.29) is 16.8 Å². The Labute approximate surface area is 156 Å². The number of sulfonamides is 1. The van der Waals surface area contributed by atoms with Crippen LogP contribution in [-0.2, 0) is 14.8 Å². The average molecular weight is 398 g/mol. The van der Waals surface area contributed by atoms with Gasteiger partial charge in [-0.05, 0) is 18.9 Å². The number of H-pyrrole nitrogens is 1. The summed E-state index contributed by atoms with van der Waals surface area (Å²) in [6, 6.07) is 1.49. The summed E-state index contributed by atoms with van der Waals surface area (Å²) in [5.41, 5.74) is 0.446. The van der Waals surface area contributed by atoms with E-state index in [2.05, 4.69) is 15.3 Å². The van der Waals surface area contributed by atoms with Gasteiger partial charge in [0.1, 0.15) is 10.5 Å². The molecule has 2 N–H and O–H groups in total. The molecule has 0 radical (unpaired) electrons. The number of carbonyl (C=O) groups is 1. The molecule has 1 atom stereocenters. The minimum Gasteiger partial charge on any atom is -0.345 e. The van der Waals surface area contributed by atoms with E-state index in [0.717, 1.165) is 19.4 Å². The molecular formula is C16H20ClN5O3S. The molecule has 2 saturated heterocycles. The van der Waals surface area contributed by atoms with Crippen molar-refractivity contribution in [1.29, 1.82) is 0 Å². The Bertz CT molecular complexity index is 945. The molecule has 2 aromatic heterocycles. The number of hydrogen-bond acceptors (Lipinski definition) is 5. The molecule has 10 heteroatoms. The van der Waals surface area contributed by atoms with Gasteiger partial charge in [-0.25, -0.2) is 13.4 Å². The van der Waals surface area contributed by atoms with E-state index >= 15 is 0 Å². The summed E-state index contributed by atoms with van der Waals surface area (Å²) >= 11 is 6.22. The van der Waals surface area contributed by atoms with Crippen LogP contribution in [0.5, 0.6) is 0 Å². The molecule has 0 aliphatic carbocycles. The fourth-order valence-corrected chi connectivity index (χ4v) is 5.72. The molecule has 1 unspecified atom stereocenters. The summed E-state index contributed by atoms with van der Waals surface area (Å²) in [4.78, 5) is 21.1. The maximum absolute atomic E-state index is 13.2. The lowest BCUT2D eigenvalue weighted by molar-refractivity contribution is -0.135. The van der Waals surface area contributed by atoms with Gasteiger partial charge in [-0.15, -0.1) is 0 Å². The van der Waals surface area contributed by atoms with Gasteiger partial charge in [0.2, 0.25) is 15.9 Å². The van der Waals surface area contributed by atoms with Crippen molar-refractivity contribution >= 4 is 38.6 Å². The van der Waals surface area contributed by atoms with E-state index in [0.29, 0.717) is 42.2 Å². The smallest absolute Gasteiger partial charge is 0.245 e. The fourth-order valence-electron chi connectivity index (χ4n) is 3.73. The maximum Gasteiger partial charge on any atom is 0.245 e. The summed E-state index contributed by atoms with van der Waals surface area (Å²) in [5, 5.41) is 3.80. The summed E-state index contributed by atoms with van der Waals surface area (Å²) in [6.45, 7) is 2.40. The molecular weight excluding hydrogens is 378 g/mol. The van der Waals surface area contributed by atoms with Gasteiger partial charge in [-0.3, -0.25) is 4.79 Å². The highest BCUT2D eigenvalue weighted by atomic mass is 35.5. The molecule has 0 saturated carbocycles. The number of rotatable bonds is 3. The maximum atomic E-state index is 13.2. The van der Waals surface area contributed by atoms with Crippen LogP contribution in [0.4, 0.5) is 0 Å². The third-order valence-electron chi connectivity index (χ3n) is 5.03. The first-order valence-corrected chi connectivity index (χ1v) is 10.4. The van der Waals surface area contributed by atoms with Gasteiger partial charge in [-0.2, -0.15) is 4.31 Å². The quantitative estimate of drug-likeness (QED) is 0.798. The highest BCUT2D eigenvalue weighted by Crippen LogP contribution is 2.32. The second-order valence-electron chi connectivity index (χ2n) is 6.59. The number of pyridine rings is 1. The van der Waals surface area contributed by atoms with Crippen LogP contribution in [0.15, 0.2) is 23.4 Å². The number of aromatic amines is 1. The highest BCUT2D eigenvalue weighted by Gasteiger charge is 2.36. The van der Waals surface area contributed by atoms with Crippen LogP contribution in [0.25, 0.3) is 11.0 Å². The molecule has 2 aromatic rings. The Balaban J connectivity index is 1.64. The van der Waals surface area contributed by atoms with Gasteiger partial charge in [0.15, 0.2) is 0 Å². The van der Waals surface area contributed by atoms with E-state index < -0.39 is 10.0 Å². The van der Waals surface area contributed by atoms with Crippen LogP contribution in [0.3, 0.4) is 0 Å². The minimum atomic E-state index is -3.73.